The molecule has 0 unspecified atom stereocenters. The van der Waals surface area contributed by atoms with Crippen LogP contribution >= 0.6 is 0 Å². The van der Waals surface area contributed by atoms with E-state index in [4.69, 9.17) is 10.2 Å². The van der Waals surface area contributed by atoms with Crippen LogP contribution in [0.3, 0.4) is 0 Å². The number of aromatic nitrogens is 1. The summed E-state index contributed by atoms with van der Waals surface area (Å²) in [6.45, 7) is 5.98. The summed E-state index contributed by atoms with van der Waals surface area (Å²) in [5, 5.41) is 27.1. The molecule has 6 N–H and O–H groups in total. The lowest BCUT2D eigenvalue weighted by Crippen LogP contribution is -2.48. The highest BCUT2D eigenvalue weighted by atomic mass is 19.2. The zero-order valence-electron chi connectivity index (χ0n) is 41.4. The molecule has 77 heavy (non-hydrogen) atoms. The Labute approximate surface area is 431 Å². The van der Waals surface area contributed by atoms with E-state index in [1.165, 1.54) is 32.2 Å². The number of methoxy groups -OCH3 is 1. The predicted octanol–water partition coefficient (Wildman–Crippen LogP) is 5.82. The number of aliphatic carboxylic acids is 2. The van der Waals surface area contributed by atoms with Crippen molar-refractivity contribution < 1.29 is 103 Å². The first kappa shape index (κ1) is 62.6. The van der Waals surface area contributed by atoms with Crippen molar-refractivity contribution in [3.63, 3.8) is 0 Å². The summed E-state index contributed by atoms with van der Waals surface area (Å²) in [4.78, 5) is 122. The number of carboxylic acids is 2. The molecule has 0 radical (unpaired) electrons. The molecule has 0 spiro atoms. The summed E-state index contributed by atoms with van der Waals surface area (Å²) in [5.74, 6) is -28.6. The van der Waals surface area contributed by atoms with Crippen molar-refractivity contribution in [3.05, 3.63) is 117 Å². The molecule has 3 aromatic carbocycles. The average Bonchev–Trinajstić information content (AvgIpc) is 3.35. The van der Waals surface area contributed by atoms with Crippen molar-refractivity contribution >= 4 is 64.5 Å². The van der Waals surface area contributed by atoms with Crippen molar-refractivity contribution in [2.45, 2.75) is 83.8 Å². The summed E-state index contributed by atoms with van der Waals surface area (Å²) in [5.41, 5.74) is -0.240. The molecule has 20 nitrogen and oxygen atoms in total. The summed E-state index contributed by atoms with van der Waals surface area (Å²) in [7, 11) is 1.07. The van der Waals surface area contributed by atoms with Crippen LogP contribution in [0.4, 0.5) is 51.3 Å². The molecule has 1 aromatic heterocycles. The van der Waals surface area contributed by atoms with Gasteiger partial charge in [-0.1, -0.05) is 52.8 Å². The van der Waals surface area contributed by atoms with Crippen LogP contribution in [0.1, 0.15) is 71.9 Å². The number of carbonyl (C=O) groups excluding carboxylic acids is 7. The van der Waals surface area contributed by atoms with Crippen molar-refractivity contribution in [2.75, 3.05) is 31.0 Å². The van der Waals surface area contributed by atoms with Gasteiger partial charge in [0.1, 0.15) is 37.0 Å². The number of pyridine rings is 1. The van der Waals surface area contributed by atoms with E-state index in [-0.39, 0.29) is 29.7 Å². The Bertz CT molecular complexity index is 2930. The number of hydrogen-bond donors (Lipinski definition) is 6. The number of para-hydroxylation sites is 1. The minimum absolute atomic E-state index is 0.0309. The summed E-state index contributed by atoms with van der Waals surface area (Å²) in [6.07, 6.45) is -2.35. The smallest absolute Gasteiger partial charge is 0.411 e. The molecule has 0 aliphatic carbocycles. The van der Waals surface area contributed by atoms with E-state index in [9.17, 15) is 83.1 Å². The fraction of sp³-hybridized carbons (Fsp3) is 0.347. The number of Topliss-reactive ketones (excluding diaryl/α,β-unsaturated/α-hetero) is 3. The van der Waals surface area contributed by atoms with Crippen LogP contribution in [0.5, 0.6) is 11.5 Å². The predicted molar refractivity (Wildman–Crippen MR) is 251 cm³/mol. The maximum atomic E-state index is 13.8. The van der Waals surface area contributed by atoms with Crippen LogP contribution in [-0.2, 0) is 48.5 Å². The van der Waals surface area contributed by atoms with Gasteiger partial charge in [0, 0.05) is 36.4 Å². The Kier molecular flexibility index (Phi) is 22.5. The Morgan fingerprint density at radius 2 is 1.08 bits per heavy atom. The van der Waals surface area contributed by atoms with Crippen molar-refractivity contribution in [1.82, 2.24) is 15.2 Å². The Morgan fingerprint density at radius 3 is 1.51 bits per heavy atom. The van der Waals surface area contributed by atoms with Gasteiger partial charge in [0.15, 0.2) is 46.3 Å². The van der Waals surface area contributed by atoms with E-state index >= 15 is 0 Å². The van der Waals surface area contributed by atoms with Gasteiger partial charge in [-0.3, -0.25) is 48.5 Å². The maximum Gasteiger partial charge on any atom is 0.411 e. The number of benzene rings is 3. The average molecular weight is 1100 g/mol. The number of nitrogens with zero attached hydrogens (tertiary/aromatic N) is 1. The molecule has 28 heteroatoms. The standard InChI is InChI=1S/C27H28F4N2O7.C22H21F4N3O8/c1-13(9-19(34)26(39)32-17-8-6-5-7-14(17)27(2,3)4)25(38)33-18(11-21(36)37)20(35)12-40-24-22(30)15(28)10-16(29)23(24)31;1-3-14(29-6-4-5-12(21(29)34)28-22(35)36-2)20(33)27-13(8-16(31)32)15(30)9-37-19-17(25)10(23)7-11(24)18(19)26/h5-8,10,13,18H,9,11-12H2,1-4H3,(H,32,39)(H,33,38)(H,36,37);4-7,13-14H,3,8-9H2,1-2H3,(H,27,33)(H,28,35)(H,31,32)/t13-,18+;13-,14-/m10/s1. The van der Waals surface area contributed by atoms with Crippen LogP contribution in [0, 0.1) is 52.5 Å². The van der Waals surface area contributed by atoms with Gasteiger partial charge in [-0.2, -0.15) is 17.6 Å². The van der Waals surface area contributed by atoms with Gasteiger partial charge in [0.25, 0.3) is 11.5 Å². The monoisotopic (exact) mass is 1100 g/mol. The summed E-state index contributed by atoms with van der Waals surface area (Å²) < 4.78 is 123. The van der Waals surface area contributed by atoms with Crippen LogP contribution in [0.2, 0.25) is 0 Å². The van der Waals surface area contributed by atoms with Crippen LogP contribution in [-0.4, -0.2) is 100 Å². The first-order chi connectivity index (χ1) is 35.9. The second-order valence-electron chi connectivity index (χ2n) is 17.4. The van der Waals surface area contributed by atoms with Crippen LogP contribution in [0.25, 0.3) is 0 Å². The number of nitrogens with one attached hydrogen (secondary N) is 4. The van der Waals surface area contributed by atoms with Gasteiger partial charge < -0.3 is 44.9 Å². The fourth-order valence-electron chi connectivity index (χ4n) is 6.69. The number of anilines is 2. The third kappa shape index (κ3) is 17.4. The number of ether oxygens (including phenoxy) is 3. The molecular formula is C49H49F8N5O15. The molecular weight excluding hydrogens is 1050 g/mol. The minimum atomic E-state index is -1.92. The highest BCUT2D eigenvalue weighted by Gasteiger charge is 2.32. The zero-order chi connectivity index (χ0) is 58.2. The minimum Gasteiger partial charge on any atom is -0.481 e. The third-order valence-electron chi connectivity index (χ3n) is 10.6. The summed E-state index contributed by atoms with van der Waals surface area (Å²) in [6, 6.07) is 4.37. The number of hydrogen-bond acceptors (Lipinski definition) is 13. The van der Waals surface area contributed by atoms with E-state index in [2.05, 4.69) is 35.5 Å². The largest absolute Gasteiger partial charge is 0.481 e. The number of amides is 4. The number of carbonyl (C=O) groups is 9. The Balaban J connectivity index is 0.000000406. The normalized spacial score (nSPS) is 12.5. The molecule has 0 aliphatic heterocycles. The van der Waals surface area contributed by atoms with E-state index in [1.807, 2.05) is 20.8 Å². The second kappa shape index (κ2) is 27.7. The van der Waals surface area contributed by atoms with E-state index < -0.39 is 173 Å². The molecule has 4 atom stereocenters. The van der Waals surface area contributed by atoms with E-state index in [0.717, 1.165) is 17.2 Å². The number of carboxylic acid groups (broad SMARTS) is 2. The molecule has 0 saturated heterocycles. The van der Waals surface area contributed by atoms with Gasteiger partial charge in [-0.05, 0) is 35.6 Å². The second-order valence-corrected chi connectivity index (χ2v) is 17.4. The molecule has 4 rings (SSSR count). The molecule has 4 aromatic rings. The number of halogens is 8. The SMILES string of the molecule is CC[C@@H](C(=O)N[C@@H](CC(=O)O)C(=O)COc1c(F)c(F)cc(F)c1F)n1cccc(NC(=O)OC)c1=O.C[C@H](CC(=O)C(=O)Nc1ccccc1C(C)(C)C)C(=O)N[C@@H](CC(=O)O)C(=O)COc1c(F)c(F)cc(F)c1F. The van der Waals surface area contributed by atoms with Crippen LogP contribution < -0.4 is 36.3 Å². The van der Waals surface area contributed by atoms with Gasteiger partial charge in [-0.15, -0.1) is 0 Å². The maximum absolute atomic E-state index is 13.8. The number of ketones is 3. The third-order valence-corrected chi connectivity index (χ3v) is 10.6. The summed E-state index contributed by atoms with van der Waals surface area (Å²) >= 11 is 0. The molecule has 4 amide bonds. The molecule has 416 valence electrons. The van der Waals surface area contributed by atoms with Crippen molar-refractivity contribution in [2.24, 2.45) is 5.92 Å². The first-order valence-electron chi connectivity index (χ1n) is 22.4. The first-order valence-corrected chi connectivity index (χ1v) is 22.4. The van der Waals surface area contributed by atoms with Crippen molar-refractivity contribution in [3.8, 4) is 11.5 Å². The van der Waals surface area contributed by atoms with Gasteiger partial charge >= 0.3 is 18.0 Å². The van der Waals surface area contributed by atoms with Crippen molar-refractivity contribution in [1.29, 1.82) is 0 Å². The lowest BCUT2D eigenvalue weighted by atomic mass is 9.86. The molecule has 0 bridgehead atoms. The van der Waals surface area contributed by atoms with Crippen LogP contribution in [0.15, 0.2) is 59.5 Å². The highest BCUT2D eigenvalue weighted by molar-refractivity contribution is 6.41. The van der Waals surface area contributed by atoms with Gasteiger partial charge in [-0.25, -0.2) is 22.4 Å². The Morgan fingerprint density at radius 1 is 0.636 bits per heavy atom. The molecule has 1 heterocycles. The molecule has 0 aliphatic rings. The van der Waals surface area contributed by atoms with E-state index in [1.54, 1.807) is 24.3 Å². The zero-order valence-corrected chi connectivity index (χ0v) is 41.4. The highest BCUT2D eigenvalue weighted by Crippen LogP contribution is 2.30. The fourth-order valence-corrected chi connectivity index (χ4v) is 6.69. The van der Waals surface area contributed by atoms with Gasteiger partial charge in [0.05, 0.1) is 20.0 Å². The van der Waals surface area contributed by atoms with Gasteiger partial charge in [0.2, 0.25) is 40.9 Å². The molecule has 0 fully saturated rings. The Hall–Kier alpha value is -8.72. The van der Waals surface area contributed by atoms with E-state index in [0.29, 0.717) is 5.69 Å². The lowest BCUT2D eigenvalue weighted by molar-refractivity contribution is -0.141. The quantitative estimate of drug-likeness (QED) is 0.0290. The number of rotatable bonds is 23. The topological polar surface area (TPSA) is 292 Å². The molecule has 0 saturated carbocycles. The lowest BCUT2D eigenvalue weighted by Gasteiger charge is -2.23.